The van der Waals surface area contributed by atoms with E-state index in [1.54, 1.807) is 39.7 Å². The third-order valence-electron chi connectivity index (χ3n) is 5.40. The van der Waals surface area contributed by atoms with Gasteiger partial charge in [0.15, 0.2) is 0 Å². The molecule has 1 aliphatic rings. The zero-order valence-corrected chi connectivity index (χ0v) is 24.0. The maximum atomic E-state index is 11.0. The van der Waals surface area contributed by atoms with Crippen LogP contribution < -0.4 is 20.3 Å². The van der Waals surface area contributed by atoms with Crippen molar-refractivity contribution >= 4 is 47.2 Å². The van der Waals surface area contributed by atoms with Crippen LogP contribution in [0.3, 0.4) is 0 Å². The summed E-state index contributed by atoms with van der Waals surface area (Å²) in [7, 11) is 1.62. The molecule has 1 aliphatic heterocycles. The molecule has 0 saturated heterocycles. The van der Waals surface area contributed by atoms with Gasteiger partial charge < -0.3 is 20.1 Å². The molecule has 11 heteroatoms. The SMILES string of the molecule is CC(C)(C)OC(=O)NCCNC=O.CC[C@@H]1N=C(c2ccc(Cl)cc2)c2cc(OC)ccc2N(C(C)=N)C1=N. The highest BCUT2D eigenvalue weighted by atomic mass is 35.5. The van der Waals surface area contributed by atoms with Gasteiger partial charge in [-0.3, -0.25) is 25.5 Å². The Hall–Kier alpha value is -3.92. The molecule has 2 aromatic rings. The number of benzodiazepines with no additional fused rings is 1. The number of fused-ring (bicyclic) bond motifs is 1. The first-order chi connectivity index (χ1) is 18.4. The van der Waals surface area contributed by atoms with E-state index in [1.807, 2.05) is 49.4 Å². The van der Waals surface area contributed by atoms with Crippen LogP contribution in [-0.2, 0) is 9.53 Å². The fraction of sp³-hybridized carbons (Fsp3) is 0.393. The number of rotatable bonds is 7. The molecule has 10 nitrogen and oxygen atoms in total. The summed E-state index contributed by atoms with van der Waals surface area (Å²) in [6, 6.07) is 12.8. The highest BCUT2D eigenvalue weighted by Gasteiger charge is 2.30. The Bertz CT molecular complexity index is 1210. The molecule has 1 heterocycles. The molecule has 0 spiro atoms. The molecule has 0 radical (unpaired) electrons. The van der Waals surface area contributed by atoms with Crippen molar-refractivity contribution in [3.63, 3.8) is 0 Å². The first kappa shape index (κ1) is 31.3. The lowest BCUT2D eigenvalue weighted by Gasteiger charge is -2.26. The average Bonchev–Trinajstić information content (AvgIpc) is 2.99. The Morgan fingerprint density at radius 3 is 2.38 bits per heavy atom. The summed E-state index contributed by atoms with van der Waals surface area (Å²) in [5.41, 5.74) is 2.80. The first-order valence-corrected chi connectivity index (χ1v) is 12.9. The van der Waals surface area contributed by atoms with Crippen molar-refractivity contribution < 1.29 is 19.1 Å². The summed E-state index contributed by atoms with van der Waals surface area (Å²) in [4.78, 5) is 27.3. The van der Waals surface area contributed by atoms with Crippen LogP contribution in [0.1, 0.15) is 52.2 Å². The van der Waals surface area contributed by atoms with Crippen LogP contribution >= 0.6 is 11.6 Å². The van der Waals surface area contributed by atoms with Crippen LogP contribution in [0.15, 0.2) is 47.5 Å². The standard InChI is InChI=1S/C20H21ClN4O.C8H16N2O3/c1-4-17-20(23)25(12(2)22)18-10-9-15(26-3)11-16(18)19(24-17)13-5-7-14(21)8-6-13;1-8(2,3)13-7(12)10-5-4-9-6-11/h5-11,17,22-23H,4H2,1-3H3;6H,4-5H2,1-3H3,(H,9,11)(H,10,12)/t17-;/m0./s1. The van der Waals surface area contributed by atoms with E-state index in [0.29, 0.717) is 42.5 Å². The number of halogens is 1. The van der Waals surface area contributed by atoms with Crippen molar-refractivity contribution in [2.24, 2.45) is 4.99 Å². The van der Waals surface area contributed by atoms with Crippen molar-refractivity contribution in [1.29, 1.82) is 10.8 Å². The lowest BCUT2D eigenvalue weighted by Crippen LogP contribution is -2.40. The molecular weight excluding hydrogens is 520 g/mol. The molecule has 210 valence electrons. The zero-order valence-electron chi connectivity index (χ0n) is 23.2. The van der Waals surface area contributed by atoms with Gasteiger partial charge in [-0.1, -0.05) is 30.7 Å². The third kappa shape index (κ3) is 9.10. The number of ether oxygens (including phenoxy) is 2. The number of nitrogens with zero attached hydrogens (tertiary/aromatic N) is 2. The third-order valence-corrected chi connectivity index (χ3v) is 5.65. The second kappa shape index (κ2) is 14.3. The predicted octanol–water partition coefficient (Wildman–Crippen LogP) is 5.02. The maximum Gasteiger partial charge on any atom is 0.407 e. The molecule has 0 unspecified atom stereocenters. The molecule has 4 N–H and O–H groups in total. The lowest BCUT2D eigenvalue weighted by atomic mass is 9.99. The second-order valence-electron chi connectivity index (χ2n) is 9.60. The van der Waals surface area contributed by atoms with E-state index in [1.165, 1.54) is 0 Å². The van der Waals surface area contributed by atoms with Gasteiger partial charge in [-0.25, -0.2) is 4.79 Å². The predicted molar refractivity (Wildman–Crippen MR) is 156 cm³/mol. The monoisotopic (exact) mass is 556 g/mol. The molecule has 0 bridgehead atoms. The van der Waals surface area contributed by atoms with Gasteiger partial charge in [-0.15, -0.1) is 0 Å². The number of hydrogen-bond acceptors (Lipinski definition) is 7. The number of amidine groups is 2. The van der Waals surface area contributed by atoms with Gasteiger partial charge in [-0.05, 0) is 64.4 Å². The van der Waals surface area contributed by atoms with E-state index < -0.39 is 11.7 Å². The Morgan fingerprint density at radius 1 is 1.18 bits per heavy atom. The molecule has 0 fully saturated rings. The number of aliphatic imine (C=N–C) groups is 1. The number of alkyl carbamates (subject to hydrolysis) is 1. The van der Waals surface area contributed by atoms with Crippen molar-refractivity contribution in [3.05, 3.63) is 58.6 Å². The highest BCUT2D eigenvalue weighted by Crippen LogP contribution is 2.32. The van der Waals surface area contributed by atoms with Crippen molar-refractivity contribution in [3.8, 4) is 5.75 Å². The number of amides is 2. The van der Waals surface area contributed by atoms with Gasteiger partial charge in [0.25, 0.3) is 0 Å². The quantitative estimate of drug-likeness (QED) is 0.164. The van der Waals surface area contributed by atoms with E-state index in [4.69, 9.17) is 36.9 Å². The van der Waals surface area contributed by atoms with E-state index in [9.17, 15) is 9.59 Å². The fourth-order valence-corrected chi connectivity index (χ4v) is 3.81. The summed E-state index contributed by atoms with van der Waals surface area (Å²) in [5.74, 6) is 1.29. The average molecular weight is 557 g/mol. The second-order valence-corrected chi connectivity index (χ2v) is 10.0. The normalized spacial score (nSPS) is 14.5. The Labute approximate surface area is 234 Å². The fourth-order valence-electron chi connectivity index (χ4n) is 3.69. The summed E-state index contributed by atoms with van der Waals surface area (Å²) >= 11 is 6.04. The number of anilines is 1. The van der Waals surface area contributed by atoms with E-state index in [0.717, 1.165) is 22.5 Å². The number of benzene rings is 2. The van der Waals surface area contributed by atoms with Gasteiger partial charge in [0.1, 0.15) is 29.1 Å². The number of nitrogens with one attached hydrogen (secondary N) is 4. The summed E-state index contributed by atoms with van der Waals surface area (Å²) < 4.78 is 10.3. The van der Waals surface area contributed by atoms with Gasteiger partial charge in [0, 0.05) is 29.2 Å². The Morgan fingerprint density at radius 2 is 1.85 bits per heavy atom. The number of hydrogen-bond donors (Lipinski definition) is 4. The van der Waals surface area contributed by atoms with Crippen molar-refractivity contribution in [1.82, 2.24) is 10.6 Å². The number of methoxy groups -OCH3 is 1. The molecule has 3 rings (SSSR count). The van der Waals surface area contributed by atoms with Gasteiger partial charge in [0.2, 0.25) is 6.41 Å². The van der Waals surface area contributed by atoms with Crippen LogP contribution in [-0.4, -0.2) is 61.7 Å². The minimum absolute atomic E-state index is 0.285. The summed E-state index contributed by atoms with van der Waals surface area (Å²) in [6.07, 6.45) is 0.780. The van der Waals surface area contributed by atoms with Crippen LogP contribution in [0.4, 0.5) is 10.5 Å². The number of carbonyl (C=O) groups is 2. The Balaban J connectivity index is 0.000000349. The smallest absolute Gasteiger partial charge is 0.407 e. The maximum absolute atomic E-state index is 11.0. The lowest BCUT2D eigenvalue weighted by molar-refractivity contribution is -0.109. The largest absolute Gasteiger partial charge is 0.497 e. The van der Waals surface area contributed by atoms with Gasteiger partial charge in [0.05, 0.1) is 18.5 Å². The summed E-state index contributed by atoms with van der Waals surface area (Å²) in [6.45, 7) is 9.82. The molecule has 0 aliphatic carbocycles. The first-order valence-electron chi connectivity index (χ1n) is 12.5. The van der Waals surface area contributed by atoms with Crippen LogP contribution in [0, 0.1) is 10.8 Å². The molecule has 2 aromatic carbocycles. The molecule has 0 saturated carbocycles. The van der Waals surface area contributed by atoms with Crippen molar-refractivity contribution in [2.75, 3.05) is 25.1 Å². The van der Waals surface area contributed by atoms with Crippen molar-refractivity contribution in [2.45, 2.75) is 52.7 Å². The highest BCUT2D eigenvalue weighted by molar-refractivity contribution is 6.31. The Kier molecular flexibility index (Phi) is 11.5. The molecule has 39 heavy (non-hydrogen) atoms. The minimum atomic E-state index is -0.484. The molecular formula is C28H37ClN6O4. The molecule has 0 aromatic heterocycles. The van der Waals surface area contributed by atoms with E-state index in [-0.39, 0.29) is 11.9 Å². The number of carbonyl (C=O) groups excluding carboxylic acids is 2. The molecule has 1 atom stereocenters. The van der Waals surface area contributed by atoms with Crippen LogP contribution in [0.2, 0.25) is 5.02 Å². The zero-order chi connectivity index (χ0) is 29.2. The topological polar surface area (TPSA) is 140 Å². The molecule has 2 amide bonds. The minimum Gasteiger partial charge on any atom is -0.497 e. The summed E-state index contributed by atoms with van der Waals surface area (Å²) in [5, 5.41) is 22.4. The van der Waals surface area contributed by atoms with Gasteiger partial charge in [-0.2, -0.15) is 0 Å². The van der Waals surface area contributed by atoms with E-state index >= 15 is 0 Å². The van der Waals surface area contributed by atoms with Gasteiger partial charge >= 0.3 is 6.09 Å². The van der Waals surface area contributed by atoms with Crippen LogP contribution in [0.25, 0.3) is 0 Å². The van der Waals surface area contributed by atoms with Crippen LogP contribution in [0.5, 0.6) is 5.75 Å². The van der Waals surface area contributed by atoms with E-state index in [2.05, 4.69) is 10.6 Å².